The van der Waals surface area contributed by atoms with Crippen molar-refractivity contribution in [3.63, 3.8) is 0 Å². The minimum Gasteiger partial charge on any atom is -0.508 e. The summed E-state index contributed by atoms with van der Waals surface area (Å²) in [6.45, 7) is 0.312. The van der Waals surface area contributed by atoms with Gasteiger partial charge in [-0.1, -0.05) is 78.9 Å². The molecule has 1 amide bonds. The number of rotatable bonds is 7. The van der Waals surface area contributed by atoms with E-state index in [1.165, 1.54) is 23.1 Å². The Balaban J connectivity index is 1.67. The van der Waals surface area contributed by atoms with Crippen LogP contribution >= 0.6 is 0 Å². The first kappa shape index (κ1) is 21.1. The first-order valence-electron chi connectivity index (χ1n) is 10.4. The minimum atomic E-state index is -0.786. The quantitative estimate of drug-likeness (QED) is 0.542. The van der Waals surface area contributed by atoms with Gasteiger partial charge in [-0.25, -0.2) is 0 Å². The van der Waals surface area contributed by atoms with E-state index >= 15 is 0 Å². The number of allylic oxidation sites excluding steroid dienone is 1. The van der Waals surface area contributed by atoms with Crippen LogP contribution < -0.4 is 0 Å². The number of phenols is 1. The van der Waals surface area contributed by atoms with Crippen molar-refractivity contribution >= 4 is 17.8 Å². The number of aliphatic hydroxyl groups excluding tert-OH is 1. The molecule has 0 aliphatic carbocycles. The van der Waals surface area contributed by atoms with Crippen LogP contribution in [0.3, 0.4) is 0 Å². The normalized spacial score (nSPS) is 16.2. The van der Waals surface area contributed by atoms with Crippen molar-refractivity contribution in [1.82, 2.24) is 4.90 Å². The molecule has 3 aromatic rings. The van der Waals surface area contributed by atoms with Gasteiger partial charge in [-0.2, -0.15) is 0 Å². The molecule has 0 spiro atoms. The number of aromatic hydroxyl groups is 1. The van der Waals surface area contributed by atoms with E-state index in [1.54, 1.807) is 18.2 Å². The van der Waals surface area contributed by atoms with Gasteiger partial charge in [0.2, 0.25) is 0 Å². The molecule has 5 nitrogen and oxygen atoms in total. The molecule has 3 aromatic carbocycles. The van der Waals surface area contributed by atoms with Gasteiger partial charge in [-0.15, -0.1) is 0 Å². The van der Waals surface area contributed by atoms with Gasteiger partial charge in [0, 0.05) is 6.54 Å². The maximum atomic E-state index is 13.1. The number of aliphatic hydroxyl groups is 1. The van der Waals surface area contributed by atoms with Crippen LogP contribution in [0.5, 0.6) is 5.75 Å². The molecule has 0 fully saturated rings. The molecule has 0 saturated heterocycles. The van der Waals surface area contributed by atoms with Crippen molar-refractivity contribution in [2.24, 2.45) is 0 Å². The highest BCUT2D eigenvalue weighted by atomic mass is 16.3. The number of carbonyl (C=O) groups excluding carboxylic acids is 2. The Hall–Kier alpha value is -4.12. The Morgan fingerprint density at radius 2 is 1.59 bits per heavy atom. The fourth-order valence-electron chi connectivity index (χ4n) is 3.90. The lowest BCUT2D eigenvalue weighted by Crippen LogP contribution is -2.33. The molecule has 1 aliphatic heterocycles. The van der Waals surface area contributed by atoms with Crippen LogP contribution in [-0.4, -0.2) is 33.3 Å². The summed E-state index contributed by atoms with van der Waals surface area (Å²) >= 11 is 0. The van der Waals surface area contributed by atoms with E-state index in [0.717, 1.165) is 11.1 Å². The summed E-state index contributed by atoms with van der Waals surface area (Å²) in [5.74, 6) is -1.56. The summed E-state index contributed by atoms with van der Waals surface area (Å²) < 4.78 is 0. The van der Waals surface area contributed by atoms with Gasteiger partial charge < -0.3 is 15.1 Å². The minimum absolute atomic E-state index is 0.0147. The number of amides is 1. The van der Waals surface area contributed by atoms with Gasteiger partial charge in [-0.05, 0) is 41.3 Å². The van der Waals surface area contributed by atoms with Crippen molar-refractivity contribution in [3.05, 3.63) is 119 Å². The largest absolute Gasteiger partial charge is 0.508 e. The molecule has 160 valence electrons. The molecule has 32 heavy (non-hydrogen) atoms. The van der Waals surface area contributed by atoms with Crippen molar-refractivity contribution in [1.29, 1.82) is 0 Å². The molecule has 1 atom stereocenters. The van der Waals surface area contributed by atoms with Gasteiger partial charge in [0.05, 0.1) is 11.6 Å². The summed E-state index contributed by atoms with van der Waals surface area (Å²) in [5, 5.41) is 20.7. The van der Waals surface area contributed by atoms with E-state index in [-0.39, 0.29) is 11.3 Å². The lowest BCUT2D eigenvalue weighted by Gasteiger charge is -2.26. The van der Waals surface area contributed by atoms with Crippen LogP contribution in [0, 0.1) is 0 Å². The average Bonchev–Trinajstić information content (AvgIpc) is 3.07. The molecular weight excluding hydrogens is 402 g/mol. The number of phenolic OH excluding ortho intramolecular Hbond substituents is 1. The Morgan fingerprint density at radius 3 is 2.28 bits per heavy atom. The second-order valence-corrected chi connectivity index (χ2v) is 7.60. The zero-order valence-electron chi connectivity index (χ0n) is 17.4. The second kappa shape index (κ2) is 9.35. The third-order valence-electron chi connectivity index (χ3n) is 5.47. The van der Waals surface area contributed by atoms with E-state index < -0.39 is 23.5 Å². The lowest BCUT2D eigenvalue weighted by molar-refractivity contribution is -0.129. The molecule has 4 rings (SSSR count). The number of benzene rings is 3. The Bertz CT molecular complexity index is 1180. The molecule has 0 saturated carbocycles. The van der Waals surface area contributed by atoms with Gasteiger partial charge in [0.15, 0.2) is 11.5 Å². The first-order chi connectivity index (χ1) is 15.5. The molecule has 0 aromatic heterocycles. The molecule has 0 radical (unpaired) electrons. The monoisotopic (exact) mass is 425 g/mol. The smallest absolute Gasteiger partial charge is 0.290 e. The van der Waals surface area contributed by atoms with Gasteiger partial charge in [0.25, 0.3) is 5.91 Å². The molecule has 5 heteroatoms. The third-order valence-corrected chi connectivity index (χ3v) is 5.47. The predicted octanol–water partition coefficient (Wildman–Crippen LogP) is 4.61. The summed E-state index contributed by atoms with van der Waals surface area (Å²) in [7, 11) is 0. The summed E-state index contributed by atoms with van der Waals surface area (Å²) in [6, 6.07) is 24.7. The van der Waals surface area contributed by atoms with Gasteiger partial charge in [0.1, 0.15) is 5.75 Å². The molecule has 1 unspecified atom stereocenters. The van der Waals surface area contributed by atoms with Crippen LogP contribution in [0.25, 0.3) is 6.08 Å². The Kier molecular flexibility index (Phi) is 6.17. The fraction of sp³-hybridized carbons (Fsp3) is 0.111. The number of carbonyl (C=O) groups is 2. The number of nitrogens with zero attached hydrogens (tertiary/aromatic N) is 1. The molecular formula is C27H23NO4. The average molecular weight is 425 g/mol. The molecule has 0 bridgehead atoms. The first-order valence-corrected chi connectivity index (χ1v) is 10.4. The molecule has 2 N–H and O–H groups in total. The highest BCUT2D eigenvalue weighted by molar-refractivity contribution is 6.14. The highest BCUT2D eigenvalue weighted by Gasteiger charge is 2.42. The molecule has 1 aliphatic rings. The lowest BCUT2D eigenvalue weighted by atomic mass is 9.95. The topological polar surface area (TPSA) is 77.8 Å². The summed E-state index contributed by atoms with van der Waals surface area (Å²) in [5.41, 5.74) is 2.45. The zero-order chi connectivity index (χ0) is 22.5. The van der Waals surface area contributed by atoms with Crippen molar-refractivity contribution in [3.8, 4) is 5.75 Å². The maximum Gasteiger partial charge on any atom is 0.290 e. The van der Waals surface area contributed by atoms with Gasteiger partial charge in [-0.3, -0.25) is 9.59 Å². The zero-order valence-corrected chi connectivity index (χ0v) is 17.4. The van der Waals surface area contributed by atoms with Crippen LogP contribution in [0.15, 0.2) is 102 Å². The fourth-order valence-corrected chi connectivity index (χ4v) is 3.90. The van der Waals surface area contributed by atoms with E-state index in [1.807, 2.05) is 60.7 Å². The number of ketones is 1. The van der Waals surface area contributed by atoms with E-state index in [2.05, 4.69) is 0 Å². The summed E-state index contributed by atoms with van der Waals surface area (Å²) in [4.78, 5) is 27.6. The van der Waals surface area contributed by atoms with Crippen LogP contribution in [0.2, 0.25) is 0 Å². The van der Waals surface area contributed by atoms with E-state index in [0.29, 0.717) is 18.5 Å². The van der Waals surface area contributed by atoms with E-state index in [4.69, 9.17) is 0 Å². The predicted molar refractivity (Wildman–Crippen MR) is 123 cm³/mol. The third kappa shape index (κ3) is 4.47. The standard InChI is InChI=1S/C27H23NO4/c29-22-13-7-12-21(18-22)25-24(23(30)15-14-19-8-3-1-4-9-19)26(31)27(32)28(25)17-16-20-10-5-2-6-11-20/h1-15,18,25,29,31H,16-17H2/b15-14+. The SMILES string of the molecule is O=C(/C=C/c1ccccc1)C1=C(O)C(=O)N(CCc2ccccc2)C1c1cccc(O)c1. The second-order valence-electron chi connectivity index (χ2n) is 7.60. The highest BCUT2D eigenvalue weighted by Crippen LogP contribution is 2.39. The Morgan fingerprint density at radius 1 is 0.906 bits per heavy atom. The van der Waals surface area contributed by atoms with Gasteiger partial charge >= 0.3 is 0 Å². The summed E-state index contributed by atoms with van der Waals surface area (Å²) in [6.07, 6.45) is 3.58. The van der Waals surface area contributed by atoms with Crippen molar-refractivity contribution in [2.45, 2.75) is 12.5 Å². The number of hydrogen-bond donors (Lipinski definition) is 2. The van der Waals surface area contributed by atoms with Crippen LogP contribution in [-0.2, 0) is 16.0 Å². The molecule has 1 heterocycles. The van der Waals surface area contributed by atoms with Crippen LogP contribution in [0.4, 0.5) is 0 Å². The van der Waals surface area contributed by atoms with Crippen LogP contribution in [0.1, 0.15) is 22.7 Å². The number of hydrogen-bond acceptors (Lipinski definition) is 4. The van der Waals surface area contributed by atoms with E-state index in [9.17, 15) is 19.8 Å². The van der Waals surface area contributed by atoms with Crippen molar-refractivity contribution in [2.75, 3.05) is 6.54 Å². The van der Waals surface area contributed by atoms with Crippen molar-refractivity contribution < 1.29 is 19.8 Å². The maximum absolute atomic E-state index is 13.1. The Labute approximate surface area is 186 Å².